The molecule has 33 heavy (non-hydrogen) atoms. The van der Waals surface area contributed by atoms with Gasteiger partial charge in [0.15, 0.2) is 5.82 Å². The zero-order valence-corrected chi connectivity index (χ0v) is 19.7. The lowest BCUT2D eigenvalue weighted by Gasteiger charge is -2.18. The van der Waals surface area contributed by atoms with Gasteiger partial charge in [0.05, 0.1) is 25.6 Å². The molecule has 0 spiro atoms. The monoisotopic (exact) mass is 463 g/mol. The van der Waals surface area contributed by atoms with E-state index in [1.165, 1.54) is 11.9 Å². The number of anilines is 1. The first-order chi connectivity index (χ1) is 16.1. The molecule has 9 nitrogen and oxygen atoms in total. The smallest absolute Gasteiger partial charge is 0.239 e. The summed E-state index contributed by atoms with van der Waals surface area (Å²) in [5.41, 5.74) is 3.36. The number of hydrogen-bond donors (Lipinski definition) is 1. The zero-order chi connectivity index (χ0) is 23.2. The second kappa shape index (κ2) is 10.3. The summed E-state index contributed by atoms with van der Waals surface area (Å²) >= 11 is 1.53. The molecule has 4 rings (SSSR count). The van der Waals surface area contributed by atoms with Crippen molar-refractivity contribution >= 4 is 17.9 Å². The Balaban J connectivity index is 1.68. The number of aromatic nitrogens is 6. The highest BCUT2D eigenvalue weighted by Crippen LogP contribution is 2.38. The van der Waals surface area contributed by atoms with E-state index in [2.05, 4.69) is 36.8 Å². The van der Waals surface area contributed by atoms with Gasteiger partial charge in [-0.25, -0.2) is 0 Å². The maximum absolute atomic E-state index is 5.65. The minimum Gasteiger partial charge on any atom is -0.494 e. The van der Waals surface area contributed by atoms with Gasteiger partial charge in [-0.2, -0.15) is 0 Å². The molecule has 0 bridgehead atoms. The predicted octanol–water partition coefficient (Wildman–Crippen LogP) is 4.14. The molecule has 170 valence electrons. The third kappa shape index (κ3) is 5.06. The Hall–Kier alpha value is -3.66. The van der Waals surface area contributed by atoms with Gasteiger partial charge in [-0.15, -0.1) is 10.2 Å². The number of pyridine rings is 1. The fourth-order valence-corrected chi connectivity index (χ4v) is 4.00. The van der Waals surface area contributed by atoms with Crippen LogP contribution < -0.4 is 14.2 Å². The fourth-order valence-electron chi connectivity index (χ4n) is 3.31. The maximum Gasteiger partial charge on any atom is 0.239 e. The normalized spacial score (nSPS) is 11.8. The van der Waals surface area contributed by atoms with Crippen LogP contribution in [0.15, 0.2) is 55.1 Å². The Morgan fingerprint density at radius 2 is 1.79 bits per heavy atom. The van der Waals surface area contributed by atoms with Gasteiger partial charge >= 0.3 is 0 Å². The molecule has 10 heteroatoms. The minimum atomic E-state index is 0.202. The van der Waals surface area contributed by atoms with E-state index in [0.29, 0.717) is 29.0 Å². The van der Waals surface area contributed by atoms with E-state index in [1.54, 1.807) is 32.8 Å². The number of aryl methyl sites for hydroxylation is 1. The average Bonchev–Trinajstić information content (AvgIpc) is 3.27. The Morgan fingerprint density at radius 1 is 1.00 bits per heavy atom. The quantitative estimate of drug-likeness (QED) is 0.367. The van der Waals surface area contributed by atoms with Crippen LogP contribution in [0.1, 0.15) is 18.3 Å². The summed E-state index contributed by atoms with van der Waals surface area (Å²) in [6.45, 7) is 4.04. The van der Waals surface area contributed by atoms with Crippen LogP contribution >= 0.6 is 11.9 Å². The van der Waals surface area contributed by atoms with Gasteiger partial charge in [-0.05, 0) is 43.1 Å². The van der Waals surface area contributed by atoms with Crippen LogP contribution in [0.5, 0.6) is 11.5 Å². The molecular formula is C23H25N7O2S. The van der Waals surface area contributed by atoms with Gasteiger partial charge < -0.3 is 9.47 Å². The van der Waals surface area contributed by atoms with Crippen molar-refractivity contribution in [1.29, 1.82) is 0 Å². The molecule has 0 aliphatic heterocycles. The van der Waals surface area contributed by atoms with Crippen LogP contribution in [0.2, 0.25) is 0 Å². The van der Waals surface area contributed by atoms with Crippen molar-refractivity contribution in [2.24, 2.45) is 0 Å². The van der Waals surface area contributed by atoms with Crippen molar-refractivity contribution in [1.82, 2.24) is 29.7 Å². The first kappa shape index (κ1) is 22.5. The fraction of sp³-hybridized carbons (Fsp3) is 0.261. The zero-order valence-electron chi connectivity index (χ0n) is 18.9. The number of nitrogens with zero attached hydrogens (tertiary/aromatic N) is 6. The van der Waals surface area contributed by atoms with Gasteiger partial charge in [-0.3, -0.25) is 24.2 Å². The van der Waals surface area contributed by atoms with E-state index in [4.69, 9.17) is 9.47 Å². The molecule has 3 heterocycles. The highest BCUT2D eigenvalue weighted by Gasteiger charge is 2.23. The van der Waals surface area contributed by atoms with Crippen molar-refractivity contribution in [2.45, 2.75) is 25.5 Å². The maximum atomic E-state index is 5.65. The summed E-state index contributed by atoms with van der Waals surface area (Å²) in [6.07, 6.45) is 7.82. The molecule has 1 unspecified atom stereocenters. The third-order valence-corrected chi connectivity index (χ3v) is 5.76. The Kier molecular flexibility index (Phi) is 7.04. The Morgan fingerprint density at radius 3 is 2.42 bits per heavy atom. The summed E-state index contributed by atoms with van der Waals surface area (Å²) in [7, 11) is 3.25. The van der Waals surface area contributed by atoms with Crippen LogP contribution in [-0.2, 0) is 6.42 Å². The van der Waals surface area contributed by atoms with E-state index < -0.39 is 0 Å². The van der Waals surface area contributed by atoms with Gasteiger partial charge in [0.25, 0.3) is 0 Å². The van der Waals surface area contributed by atoms with E-state index in [0.717, 1.165) is 23.4 Å². The number of benzene rings is 1. The number of methoxy groups -OCH3 is 2. The van der Waals surface area contributed by atoms with E-state index in [1.807, 2.05) is 48.0 Å². The average molecular weight is 464 g/mol. The number of nitrogens with one attached hydrogen (secondary N) is 1. The summed E-state index contributed by atoms with van der Waals surface area (Å²) in [5, 5.41) is 9.08. The SMILES string of the molecule is COc1cccc(OC)c1-n1c(NSC(C)Cc2cnc(C)cn2)nnc1-c1cccnc1. The van der Waals surface area contributed by atoms with E-state index in [9.17, 15) is 0 Å². The molecule has 0 radical (unpaired) electrons. The molecule has 0 fully saturated rings. The molecule has 0 aliphatic rings. The van der Waals surface area contributed by atoms with Crippen LogP contribution in [0.4, 0.5) is 5.95 Å². The minimum absolute atomic E-state index is 0.202. The van der Waals surface area contributed by atoms with Crippen LogP contribution in [0.3, 0.4) is 0 Å². The van der Waals surface area contributed by atoms with Crippen molar-refractivity contribution in [3.05, 3.63) is 66.5 Å². The molecule has 1 atom stereocenters. The molecular weight excluding hydrogens is 438 g/mol. The van der Waals surface area contributed by atoms with Gasteiger partial charge in [0, 0.05) is 42.0 Å². The predicted molar refractivity (Wildman–Crippen MR) is 129 cm³/mol. The largest absolute Gasteiger partial charge is 0.494 e. The van der Waals surface area contributed by atoms with E-state index in [-0.39, 0.29) is 5.25 Å². The molecule has 1 aromatic carbocycles. The Bertz CT molecular complexity index is 1180. The lowest BCUT2D eigenvalue weighted by molar-refractivity contribution is 0.391. The summed E-state index contributed by atoms with van der Waals surface area (Å²) in [6, 6.07) is 9.42. The summed E-state index contributed by atoms with van der Waals surface area (Å²) in [4.78, 5) is 13.0. The summed E-state index contributed by atoms with van der Waals surface area (Å²) < 4.78 is 16.6. The van der Waals surface area contributed by atoms with Crippen LogP contribution in [-0.4, -0.2) is 49.2 Å². The standard InChI is InChI=1S/C23H25N7O2S/c1-15-12-26-18(14-25-15)11-16(2)33-29-23-28-27-22(17-7-6-10-24-13-17)30(23)21-19(31-3)8-5-9-20(21)32-4/h5-10,12-14,16H,11H2,1-4H3,(H,28,29). The molecule has 4 aromatic rings. The number of hydrogen-bond acceptors (Lipinski definition) is 9. The van der Waals surface area contributed by atoms with Gasteiger partial charge in [0.2, 0.25) is 5.95 Å². The second-order valence-electron chi connectivity index (χ2n) is 7.32. The number of rotatable bonds is 9. The molecule has 0 saturated carbocycles. The first-order valence-electron chi connectivity index (χ1n) is 10.4. The molecule has 0 aliphatic carbocycles. The van der Waals surface area contributed by atoms with Crippen molar-refractivity contribution in [3.8, 4) is 28.6 Å². The van der Waals surface area contributed by atoms with E-state index >= 15 is 0 Å². The number of ether oxygens (including phenoxy) is 2. The van der Waals surface area contributed by atoms with Crippen molar-refractivity contribution in [2.75, 3.05) is 18.9 Å². The second-order valence-corrected chi connectivity index (χ2v) is 8.56. The van der Waals surface area contributed by atoms with Crippen LogP contribution in [0.25, 0.3) is 17.1 Å². The number of para-hydroxylation sites is 1. The molecule has 0 saturated heterocycles. The summed E-state index contributed by atoms with van der Waals surface area (Å²) in [5.74, 6) is 2.43. The molecule has 3 aromatic heterocycles. The molecule has 1 N–H and O–H groups in total. The molecule has 0 amide bonds. The highest BCUT2D eigenvalue weighted by molar-refractivity contribution is 8.01. The lowest BCUT2D eigenvalue weighted by atomic mass is 10.2. The van der Waals surface area contributed by atoms with Crippen molar-refractivity contribution in [3.63, 3.8) is 0 Å². The highest BCUT2D eigenvalue weighted by atomic mass is 32.2. The topological polar surface area (TPSA) is 99.9 Å². The van der Waals surface area contributed by atoms with Gasteiger partial charge in [-0.1, -0.05) is 13.0 Å². The first-order valence-corrected chi connectivity index (χ1v) is 11.2. The van der Waals surface area contributed by atoms with Gasteiger partial charge in [0.1, 0.15) is 17.2 Å². The van der Waals surface area contributed by atoms with Crippen LogP contribution in [0, 0.1) is 6.92 Å². The van der Waals surface area contributed by atoms with Crippen molar-refractivity contribution < 1.29 is 9.47 Å². The lowest BCUT2D eigenvalue weighted by Crippen LogP contribution is -2.10. The Labute approximate surface area is 196 Å². The third-order valence-electron chi connectivity index (χ3n) is 4.89.